The van der Waals surface area contributed by atoms with Gasteiger partial charge in [-0.15, -0.1) is 0 Å². The summed E-state index contributed by atoms with van der Waals surface area (Å²) >= 11 is 0. The van der Waals surface area contributed by atoms with Crippen LogP contribution < -0.4 is 10.4 Å². The zero-order valence-electron chi connectivity index (χ0n) is 15.8. The summed E-state index contributed by atoms with van der Waals surface area (Å²) in [6, 6.07) is 11.1. The van der Waals surface area contributed by atoms with Crippen LogP contribution in [0.5, 0.6) is 0 Å². The number of hydrogen-bond acceptors (Lipinski definition) is 5. The molecule has 9 heteroatoms. The van der Waals surface area contributed by atoms with Crippen LogP contribution >= 0.6 is 0 Å². The lowest BCUT2D eigenvalue weighted by Gasteiger charge is -2.08. The van der Waals surface area contributed by atoms with Crippen molar-refractivity contribution in [2.75, 3.05) is 6.61 Å². The van der Waals surface area contributed by atoms with E-state index in [2.05, 4.69) is 4.72 Å². The predicted molar refractivity (Wildman–Crippen MR) is 105 cm³/mol. The van der Waals surface area contributed by atoms with Crippen LogP contribution in [0.1, 0.15) is 22.8 Å². The van der Waals surface area contributed by atoms with Crippen molar-refractivity contribution >= 4 is 27.0 Å². The van der Waals surface area contributed by atoms with E-state index in [1.807, 2.05) is 0 Å². The molecular formula is C19H21N3O5S. The number of ether oxygens (including phenoxy) is 1. The van der Waals surface area contributed by atoms with E-state index < -0.39 is 16.0 Å². The summed E-state index contributed by atoms with van der Waals surface area (Å²) in [5.74, 6) is -0.420. The number of hydrogen-bond donors (Lipinski definition) is 1. The Morgan fingerprint density at radius 2 is 1.68 bits per heavy atom. The van der Waals surface area contributed by atoms with Crippen molar-refractivity contribution in [3.05, 3.63) is 64.1 Å². The van der Waals surface area contributed by atoms with Gasteiger partial charge in [-0.2, -0.15) is 0 Å². The Morgan fingerprint density at radius 1 is 1.04 bits per heavy atom. The first-order valence-electron chi connectivity index (χ1n) is 8.66. The Hall–Kier alpha value is -2.91. The van der Waals surface area contributed by atoms with Crippen molar-refractivity contribution in [3.63, 3.8) is 0 Å². The van der Waals surface area contributed by atoms with Gasteiger partial charge in [0.1, 0.15) is 0 Å². The number of esters is 1. The first-order valence-corrected chi connectivity index (χ1v) is 10.1. The number of nitrogens with one attached hydrogen (secondary N) is 1. The van der Waals surface area contributed by atoms with Crippen molar-refractivity contribution < 1.29 is 17.9 Å². The van der Waals surface area contributed by atoms with E-state index in [1.54, 1.807) is 51.4 Å². The second kappa shape index (κ2) is 7.61. The summed E-state index contributed by atoms with van der Waals surface area (Å²) < 4.78 is 35.6. The average Bonchev–Trinajstić information content (AvgIpc) is 2.91. The van der Waals surface area contributed by atoms with E-state index in [9.17, 15) is 18.0 Å². The van der Waals surface area contributed by atoms with Gasteiger partial charge in [-0.1, -0.05) is 12.1 Å². The number of aryl methyl sites for hydroxylation is 2. The lowest BCUT2D eigenvalue weighted by Crippen LogP contribution is -2.23. The number of aromatic nitrogens is 2. The fourth-order valence-corrected chi connectivity index (χ4v) is 3.93. The van der Waals surface area contributed by atoms with Crippen LogP contribution in [0.4, 0.5) is 0 Å². The molecule has 1 heterocycles. The molecule has 8 nitrogen and oxygen atoms in total. The molecule has 0 bridgehead atoms. The first kappa shape index (κ1) is 19.8. The Balaban J connectivity index is 1.79. The van der Waals surface area contributed by atoms with Crippen LogP contribution in [0.2, 0.25) is 0 Å². The van der Waals surface area contributed by atoms with Gasteiger partial charge >= 0.3 is 11.7 Å². The largest absolute Gasteiger partial charge is 0.462 e. The van der Waals surface area contributed by atoms with Gasteiger partial charge in [-0.3, -0.25) is 9.13 Å². The van der Waals surface area contributed by atoms with Crippen molar-refractivity contribution in [3.8, 4) is 0 Å². The number of benzene rings is 2. The van der Waals surface area contributed by atoms with Crippen molar-refractivity contribution in [1.29, 1.82) is 0 Å². The highest BCUT2D eigenvalue weighted by Crippen LogP contribution is 2.18. The molecule has 0 aliphatic carbocycles. The zero-order chi connectivity index (χ0) is 20.5. The molecule has 2 aromatic carbocycles. The number of nitrogens with zero attached hydrogens (tertiary/aromatic N) is 2. The molecule has 0 spiro atoms. The molecule has 1 aromatic heterocycles. The molecule has 1 N–H and O–H groups in total. The molecule has 0 amide bonds. The number of carbonyl (C=O) groups excluding carboxylic acids is 1. The fraction of sp³-hybridized carbons (Fsp3) is 0.263. The summed E-state index contributed by atoms with van der Waals surface area (Å²) in [6.07, 6.45) is 0. The smallest absolute Gasteiger partial charge is 0.338 e. The van der Waals surface area contributed by atoms with Crippen LogP contribution in [0, 0.1) is 0 Å². The summed E-state index contributed by atoms with van der Waals surface area (Å²) in [5, 5.41) is 0. The van der Waals surface area contributed by atoms with Crippen LogP contribution in [-0.4, -0.2) is 30.1 Å². The summed E-state index contributed by atoms with van der Waals surface area (Å²) in [5.41, 5.74) is 2.07. The van der Waals surface area contributed by atoms with Gasteiger partial charge in [0.05, 0.1) is 28.1 Å². The molecule has 28 heavy (non-hydrogen) atoms. The van der Waals surface area contributed by atoms with Crippen LogP contribution in [0.3, 0.4) is 0 Å². The minimum Gasteiger partial charge on any atom is -0.462 e. The van der Waals surface area contributed by atoms with E-state index >= 15 is 0 Å². The summed E-state index contributed by atoms with van der Waals surface area (Å²) in [6.45, 7) is 2.08. The quantitative estimate of drug-likeness (QED) is 0.630. The number of imidazole rings is 1. The topological polar surface area (TPSA) is 99.4 Å². The van der Waals surface area contributed by atoms with Gasteiger partial charge in [0.15, 0.2) is 0 Å². The maximum absolute atomic E-state index is 12.6. The highest BCUT2D eigenvalue weighted by atomic mass is 32.2. The van der Waals surface area contributed by atoms with Gasteiger partial charge in [0.25, 0.3) is 0 Å². The fourth-order valence-electron chi connectivity index (χ4n) is 2.89. The zero-order valence-corrected chi connectivity index (χ0v) is 16.6. The molecule has 0 saturated carbocycles. The number of fused-ring (bicyclic) bond motifs is 1. The Kier molecular flexibility index (Phi) is 5.39. The van der Waals surface area contributed by atoms with Gasteiger partial charge in [0.2, 0.25) is 10.0 Å². The number of sulfonamides is 1. The molecule has 0 aliphatic rings. The maximum atomic E-state index is 12.6. The Morgan fingerprint density at radius 3 is 2.32 bits per heavy atom. The second-order valence-corrected chi connectivity index (χ2v) is 8.06. The van der Waals surface area contributed by atoms with E-state index in [-0.39, 0.29) is 23.7 Å². The minimum absolute atomic E-state index is 0.0667. The molecule has 0 atom stereocenters. The molecule has 3 aromatic rings. The summed E-state index contributed by atoms with van der Waals surface area (Å²) in [4.78, 5) is 23.7. The van der Waals surface area contributed by atoms with Gasteiger partial charge in [0, 0.05) is 20.6 Å². The lowest BCUT2D eigenvalue weighted by atomic mass is 10.1. The van der Waals surface area contributed by atoms with Gasteiger partial charge in [-0.05, 0) is 42.8 Å². The van der Waals surface area contributed by atoms with Crippen LogP contribution in [-0.2, 0) is 35.4 Å². The van der Waals surface area contributed by atoms with E-state index in [1.165, 1.54) is 21.3 Å². The average molecular weight is 403 g/mol. The molecule has 3 rings (SSSR count). The SMILES string of the molecule is CCOC(=O)c1ccc(CNS(=O)(=O)c2ccc3c(c2)n(C)c(=O)n3C)cc1. The monoisotopic (exact) mass is 403 g/mol. The van der Waals surface area contributed by atoms with Crippen LogP contribution in [0.25, 0.3) is 11.0 Å². The number of rotatable bonds is 6. The van der Waals surface area contributed by atoms with Gasteiger partial charge in [-0.25, -0.2) is 22.7 Å². The second-order valence-electron chi connectivity index (χ2n) is 6.29. The molecular weight excluding hydrogens is 382 g/mol. The van der Waals surface area contributed by atoms with E-state index in [4.69, 9.17) is 4.74 Å². The molecule has 0 fully saturated rings. The van der Waals surface area contributed by atoms with Crippen molar-refractivity contribution in [2.45, 2.75) is 18.4 Å². The third-order valence-electron chi connectivity index (χ3n) is 4.49. The van der Waals surface area contributed by atoms with Gasteiger partial charge < -0.3 is 4.74 Å². The molecule has 0 saturated heterocycles. The first-order chi connectivity index (χ1) is 13.2. The Bertz CT molecular complexity index is 1190. The molecule has 148 valence electrons. The standard InChI is InChI=1S/C19H21N3O5S/c1-4-27-18(23)14-7-5-13(6-8-14)12-20-28(25,26)15-9-10-16-17(11-15)22(3)19(24)21(16)2/h5-11,20H,4,12H2,1-3H3. The molecule has 0 aliphatic heterocycles. The third kappa shape index (κ3) is 3.71. The van der Waals surface area contributed by atoms with E-state index in [0.29, 0.717) is 22.2 Å². The number of carbonyl (C=O) groups is 1. The Labute approximate surface area is 162 Å². The van der Waals surface area contributed by atoms with Crippen LogP contribution in [0.15, 0.2) is 52.2 Å². The van der Waals surface area contributed by atoms with Crippen molar-refractivity contribution in [1.82, 2.24) is 13.9 Å². The predicted octanol–water partition coefficient (Wildman–Crippen LogP) is 1.53. The normalized spacial score (nSPS) is 11.7. The van der Waals surface area contributed by atoms with E-state index in [0.717, 1.165) is 0 Å². The maximum Gasteiger partial charge on any atom is 0.338 e. The highest BCUT2D eigenvalue weighted by molar-refractivity contribution is 7.89. The lowest BCUT2D eigenvalue weighted by molar-refractivity contribution is 0.0526. The summed E-state index contributed by atoms with van der Waals surface area (Å²) in [7, 11) is -0.539. The highest BCUT2D eigenvalue weighted by Gasteiger charge is 2.17. The molecule has 0 radical (unpaired) electrons. The minimum atomic E-state index is -3.77. The molecule has 0 unspecified atom stereocenters. The van der Waals surface area contributed by atoms with Crippen molar-refractivity contribution in [2.24, 2.45) is 14.1 Å². The third-order valence-corrected chi connectivity index (χ3v) is 5.88.